The van der Waals surface area contributed by atoms with Gasteiger partial charge in [-0.25, -0.2) is 9.18 Å². The van der Waals surface area contributed by atoms with Crippen molar-refractivity contribution in [1.82, 2.24) is 9.24 Å². The fourth-order valence-corrected chi connectivity index (χ4v) is 2.20. The number of pyridine rings is 1. The predicted molar refractivity (Wildman–Crippen MR) is 74.6 cm³/mol. The molecular weight excluding hydrogens is 277 g/mol. The molecule has 6 nitrogen and oxygen atoms in total. The summed E-state index contributed by atoms with van der Waals surface area (Å²) in [4.78, 5) is 23.0. The van der Waals surface area contributed by atoms with Crippen molar-refractivity contribution in [2.24, 2.45) is 0 Å². The lowest BCUT2D eigenvalue weighted by molar-refractivity contribution is 0.0695. The molecule has 0 saturated heterocycles. The first-order chi connectivity index (χ1) is 9.99. The van der Waals surface area contributed by atoms with Crippen LogP contribution in [0.4, 0.5) is 4.39 Å². The summed E-state index contributed by atoms with van der Waals surface area (Å²) in [6.07, 6.45) is 4.31. The van der Waals surface area contributed by atoms with E-state index >= 15 is 0 Å². The number of nitrogens with two attached hydrogens (primary N) is 1. The number of nitrogens with zero attached hydrogens (tertiary/aromatic N) is 2. The van der Waals surface area contributed by atoms with Gasteiger partial charge in [0.15, 0.2) is 0 Å². The molecule has 21 heavy (non-hydrogen) atoms. The summed E-state index contributed by atoms with van der Waals surface area (Å²) in [7, 11) is 0. The van der Waals surface area contributed by atoms with Crippen molar-refractivity contribution in [2.45, 2.75) is 0 Å². The molecule has 0 unspecified atom stereocenters. The number of hydrogen-bond donors (Lipinski definition) is 2. The molecule has 2 aromatic heterocycles. The van der Waals surface area contributed by atoms with Gasteiger partial charge in [0.2, 0.25) is 5.43 Å². The van der Waals surface area contributed by atoms with Gasteiger partial charge in [0.05, 0.1) is 16.6 Å². The Labute approximate surface area is 117 Å². The Kier molecular flexibility index (Phi) is 2.76. The zero-order valence-corrected chi connectivity index (χ0v) is 10.7. The van der Waals surface area contributed by atoms with Crippen LogP contribution in [0.25, 0.3) is 16.6 Å². The lowest BCUT2D eigenvalue weighted by Gasteiger charge is -2.10. The van der Waals surface area contributed by atoms with Crippen LogP contribution in [0.1, 0.15) is 10.4 Å². The minimum atomic E-state index is -1.41. The van der Waals surface area contributed by atoms with E-state index < -0.39 is 22.8 Å². The Morgan fingerprint density at radius 3 is 2.52 bits per heavy atom. The average Bonchev–Trinajstić information content (AvgIpc) is 2.96. The second-order valence-electron chi connectivity index (χ2n) is 4.50. The normalized spacial score (nSPS) is 10.9. The molecule has 0 atom stereocenters. The van der Waals surface area contributed by atoms with Gasteiger partial charge in [-0.3, -0.25) is 9.47 Å². The Bertz CT molecular complexity index is 913. The van der Waals surface area contributed by atoms with E-state index in [0.29, 0.717) is 0 Å². The van der Waals surface area contributed by atoms with E-state index in [2.05, 4.69) is 0 Å². The van der Waals surface area contributed by atoms with Gasteiger partial charge in [-0.1, -0.05) is 0 Å². The maximum atomic E-state index is 14.2. The highest BCUT2D eigenvalue weighted by Gasteiger charge is 2.16. The quantitative estimate of drug-likeness (QED) is 0.696. The first kappa shape index (κ1) is 12.9. The number of carboxylic acids is 1. The van der Waals surface area contributed by atoms with Crippen molar-refractivity contribution in [1.29, 1.82) is 0 Å². The van der Waals surface area contributed by atoms with Gasteiger partial charge < -0.3 is 15.5 Å². The number of nitrogen functional groups attached to an aromatic ring is 1. The molecule has 0 fully saturated rings. The highest BCUT2D eigenvalue weighted by Crippen LogP contribution is 2.20. The van der Waals surface area contributed by atoms with Gasteiger partial charge in [-0.15, -0.1) is 0 Å². The van der Waals surface area contributed by atoms with Crippen molar-refractivity contribution in [3.05, 3.63) is 64.5 Å². The highest BCUT2D eigenvalue weighted by atomic mass is 19.1. The summed E-state index contributed by atoms with van der Waals surface area (Å²) < 4.78 is 16.7. The number of carbonyl (C=O) groups is 1. The Balaban J connectivity index is 2.39. The number of hydrogen-bond acceptors (Lipinski definition) is 3. The van der Waals surface area contributed by atoms with Crippen LogP contribution in [0, 0.1) is 5.82 Å². The van der Waals surface area contributed by atoms with E-state index in [1.807, 2.05) is 0 Å². The third-order valence-electron chi connectivity index (χ3n) is 3.21. The fourth-order valence-electron chi connectivity index (χ4n) is 2.20. The van der Waals surface area contributed by atoms with Crippen LogP contribution in [0.5, 0.6) is 0 Å². The molecule has 0 amide bonds. The number of fused-ring (bicyclic) bond motifs is 1. The topological polar surface area (TPSA) is 90.2 Å². The molecule has 7 heteroatoms. The average molecular weight is 287 g/mol. The third-order valence-corrected chi connectivity index (χ3v) is 3.21. The van der Waals surface area contributed by atoms with E-state index in [1.165, 1.54) is 10.6 Å². The first-order valence-electron chi connectivity index (χ1n) is 5.99. The Morgan fingerprint density at radius 2 is 1.90 bits per heavy atom. The van der Waals surface area contributed by atoms with Crippen LogP contribution >= 0.6 is 0 Å². The second-order valence-corrected chi connectivity index (χ2v) is 4.50. The van der Waals surface area contributed by atoms with Crippen molar-refractivity contribution < 1.29 is 14.3 Å². The summed E-state index contributed by atoms with van der Waals surface area (Å²) in [6.45, 7) is 0. The zero-order valence-electron chi connectivity index (χ0n) is 10.7. The standard InChI is InChI=1S/C14H10FN3O3/c15-10-5-8-11(6-12(10)17-3-1-2-4-17)18(16)7-9(13(8)19)14(20)21/h1-7H,16H2,(H,20,21). The molecule has 0 spiro atoms. The molecule has 0 aliphatic heterocycles. The highest BCUT2D eigenvalue weighted by molar-refractivity contribution is 5.93. The van der Waals surface area contributed by atoms with Crippen LogP contribution < -0.4 is 11.3 Å². The molecule has 0 radical (unpaired) electrons. The monoisotopic (exact) mass is 287 g/mol. The van der Waals surface area contributed by atoms with E-state index in [0.717, 1.165) is 16.9 Å². The van der Waals surface area contributed by atoms with Crippen molar-refractivity contribution in [3.8, 4) is 5.69 Å². The predicted octanol–water partition coefficient (Wildman–Crippen LogP) is 1.34. The smallest absolute Gasteiger partial charge is 0.341 e. The van der Waals surface area contributed by atoms with Gasteiger partial charge in [-0.2, -0.15) is 0 Å². The van der Waals surface area contributed by atoms with E-state index in [4.69, 9.17) is 10.9 Å². The number of aromatic nitrogens is 2. The van der Waals surface area contributed by atoms with Gasteiger partial charge in [0.25, 0.3) is 0 Å². The maximum absolute atomic E-state index is 14.2. The van der Waals surface area contributed by atoms with Crippen LogP contribution in [0.3, 0.4) is 0 Å². The number of benzene rings is 1. The molecule has 106 valence electrons. The maximum Gasteiger partial charge on any atom is 0.341 e. The summed E-state index contributed by atoms with van der Waals surface area (Å²) in [5, 5.41) is 8.88. The van der Waals surface area contributed by atoms with E-state index in [1.54, 1.807) is 24.5 Å². The molecule has 0 aliphatic carbocycles. The van der Waals surface area contributed by atoms with Crippen molar-refractivity contribution >= 4 is 16.9 Å². The van der Waals surface area contributed by atoms with Crippen LogP contribution in [0.15, 0.2) is 47.7 Å². The first-order valence-corrected chi connectivity index (χ1v) is 5.99. The van der Waals surface area contributed by atoms with Crippen molar-refractivity contribution in [3.63, 3.8) is 0 Å². The summed E-state index contributed by atoms with van der Waals surface area (Å²) >= 11 is 0. The fraction of sp³-hybridized carbons (Fsp3) is 0. The zero-order chi connectivity index (χ0) is 15.1. The van der Waals surface area contributed by atoms with Crippen LogP contribution in [0.2, 0.25) is 0 Å². The Hall–Kier alpha value is -3.09. The summed E-state index contributed by atoms with van der Waals surface area (Å²) in [5.74, 6) is 3.67. The number of rotatable bonds is 2. The summed E-state index contributed by atoms with van der Waals surface area (Å²) in [5.41, 5.74) is -0.806. The van der Waals surface area contributed by atoms with Crippen LogP contribution in [-0.2, 0) is 0 Å². The van der Waals surface area contributed by atoms with Gasteiger partial charge >= 0.3 is 5.97 Å². The third kappa shape index (κ3) is 1.95. The van der Waals surface area contributed by atoms with Gasteiger partial charge in [0, 0.05) is 18.6 Å². The molecule has 3 N–H and O–H groups in total. The largest absolute Gasteiger partial charge is 0.477 e. The van der Waals surface area contributed by atoms with Crippen LogP contribution in [-0.4, -0.2) is 20.3 Å². The SMILES string of the molecule is Nn1cc(C(=O)O)c(=O)c2cc(F)c(-n3cccc3)cc21. The lowest BCUT2D eigenvalue weighted by Crippen LogP contribution is -2.22. The van der Waals surface area contributed by atoms with E-state index in [-0.39, 0.29) is 16.6 Å². The number of carboxylic acid groups (broad SMARTS) is 1. The van der Waals surface area contributed by atoms with E-state index in [9.17, 15) is 14.0 Å². The second kappa shape index (κ2) is 4.48. The molecule has 3 rings (SSSR count). The minimum Gasteiger partial charge on any atom is -0.477 e. The molecule has 3 aromatic rings. The molecule has 0 saturated carbocycles. The molecule has 2 heterocycles. The minimum absolute atomic E-state index is 0.0780. The number of halogens is 1. The Morgan fingerprint density at radius 1 is 1.24 bits per heavy atom. The number of aromatic carboxylic acids is 1. The molecular formula is C14H10FN3O3. The summed E-state index contributed by atoms with van der Waals surface area (Å²) in [6, 6.07) is 5.86. The lowest BCUT2D eigenvalue weighted by atomic mass is 10.1. The molecule has 0 bridgehead atoms. The molecule has 1 aromatic carbocycles. The van der Waals surface area contributed by atoms with Gasteiger partial charge in [-0.05, 0) is 24.3 Å². The van der Waals surface area contributed by atoms with Crippen molar-refractivity contribution in [2.75, 3.05) is 5.84 Å². The molecule has 0 aliphatic rings. The van der Waals surface area contributed by atoms with Gasteiger partial charge in [0.1, 0.15) is 11.4 Å².